The fourth-order valence-electron chi connectivity index (χ4n) is 5.48. The Labute approximate surface area is 180 Å². The number of fused-ring (bicyclic) bond motifs is 3. The summed E-state index contributed by atoms with van der Waals surface area (Å²) >= 11 is 0. The van der Waals surface area contributed by atoms with Crippen LogP contribution in [0.5, 0.6) is 0 Å². The minimum Gasteiger partial charge on any atom is -0.198 e. The van der Waals surface area contributed by atoms with E-state index in [1.54, 1.807) is 5.57 Å². The third-order valence-electron chi connectivity index (χ3n) is 6.95. The van der Waals surface area contributed by atoms with Crippen molar-refractivity contribution in [1.82, 2.24) is 0 Å². The van der Waals surface area contributed by atoms with Crippen LogP contribution < -0.4 is 0 Å². The lowest BCUT2D eigenvalue weighted by Gasteiger charge is -2.26. The first-order chi connectivity index (χ1) is 14.7. The van der Waals surface area contributed by atoms with E-state index in [1.807, 2.05) is 0 Å². The first-order valence-electron chi connectivity index (χ1n) is 11.2. The van der Waals surface area contributed by atoms with E-state index >= 15 is 0 Å². The Morgan fingerprint density at radius 3 is 2.50 bits per heavy atom. The second-order valence-corrected chi connectivity index (χ2v) is 8.99. The van der Waals surface area contributed by atoms with E-state index in [0.717, 1.165) is 6.42 Å². The quantitative estimate of drug-likeness (QED) is 0.321. The van der Waals surface area contributed by atoms with Gasteiger partial charge in [0.15, 0.2) is 5.71 Å². The molecule has 1 heterocycles. The molecular weight excluding hydrogens is 362 g/mol. The number of allylic oxidation sites excluding steroid dienone is 3. The third kappa shape index (κ3) is 3.23. The van der Waals surface area contributed by atoms with Gasteiger partial charge in [0.2, 0.25) is 5.69 Å². The molecule has 0 radical (unpaired) electrons. The number of nitrogens with zero attached hydrogens (tertiary/aromatic N) is 1. The van der Waals surface area contributed by atoms with Crippen LogP contribution in [0.1, 0.15) is 50.2 Å². The number of hydrogen-bond donors (Lipinski definition) is 0. The molecule has 0 N–H and O–H groups in total. The summed E-state index contributed by atoms with van der Waals surface area (Å²) in [4.78, 5) is 0. The molecule has 30 heavy (non-hydrogen) atoms. The summed E-state index contributed by atoms with van der Waals surface area (Å²) < 4.78 is 2.42. The normalized spacial score (nSPS) is 21.3. The van der Waals surface area contributed by atoms with Crippen molar-refractivity contribution in [3.63, 3.8) is 0 Å². The molecule has 1 aliphatic carbocycles. The second-order valence-electron chi connectivity index (χ2n) is 8.99. The summed E-state index contributed by atoms with van der Waals surface area (Å²) in [6.45, 7) is 2.46. The van der Waals surface area contributed by atoms with Gasteiger partial charge in [-0.3, -0.25) is 0 Å². The smallest absolute Gasteiger partial charge is 0.198 e. The Morgan fingerprint density at radius 1 is 0.900 bits per heavy atom. The van der Waals surface area contributed by atoms with Crippen LogP contribution >= 0.6 is 0 Å². The standard InChI is InChI=1S/C29H30N/c1-29(21-23-13-7-4-8-14-23)27(20-17-22-11-5-3-6-12-22)30(2)26-19-18-24-15-9-10-16-25(24)28(26)29/h3,5-6,9-13,15-20H,4,7-8,14,21H2,1-2H3/q+1/b20-17+. The van der Waals surface area contributed by atoms with Gasteiger partial charge in [-0.1, -0.05) is 66.2 Å². The van der Waals surface area contributed by atoms with Crippen LogP contribution in [0.3, 0.4) is 0 Å². The molecule has 1 heteroatoms. The number of hydrogen-bond acceptors (Lipinski definition) is 0. The van der Waals surface area contributed by atoms with Crippen molar-refractivity contribution in [2.45, 2.75) is 44.4 Å². The molecule has 0 saturated carbocycles. The molecule has 1 atom stereocenters. The summed E-state index contributed by atoms with van der Waals surface area (Å²) in [5.74, 6) is 0. The van der Waals surface area contributed by atoms with E-state index < -0.39 is 0 Å². The molecule has 0 fully saturated rings. The lowest BCUT2D eigenvalue weighted by molar-refractivity contribution is -0.401. The minimum absolute atomic E-state index is 0.0284. The van der Waals surface area contributed by atoms with Gasteiger partial charge < -0.3 is 0 Å². The number of rotatable bonds is 4. The molecule has 0 spiro atoms. The maximum atomic E-state index is 2.51. The van der Waals surface area contributed by atoms with Gasteiger partial charge >= 0.3 is 0 Å². The Morgan fingerprint density at radius 2 is 1.70 bits per heavy atom. The average molecular weight is 393 g/mol. The van der Waals surface area contributed by atoms with Crippen LogP contribution in [-0.2, 0) is 5.41 Å². The maximum absolute atomic E-state index is 2.51. The minimum atomic E-state index is -0.0284. The molecule has 150 valence electrons. The predicted octanol–water partition coefficient (Wildman–Crippen LogP) is 7.43. The lowest BCUT2D eigenvalue weighted by Crippen LogP contribution is -2.31. The largest absolute Gasteiger partial charge is 0.210 e. The summed E-state index contributed by atoms with van der Waals surface area (Å²) in [6.07, 6.45) is 13.4. The highest BCUT2D eigenvalue weighted by molar-refractivity contribution is 6.09. The lowest BCUT2D eigenvalue weighted by atomic mass is 9.71. The fourth-order valence-corrected chi connectivity index (χ4v) is 5.48. The van der Waals surface area contributed by atoms with Crippen molar-refractivity contribution in [2.24, 2.45) is 0 Å². The molecule has 0 saturated heterocycles. The van der Waals surface area contributed by atoms with Gasteiger partial charge in [0, 0.05) is 17.7 Å². The summed E-state index contributed by atoms with van der Waals surface area (Å²) in [5, 5.41) is 2.73. The van der Waals surface area contributed by atoms with Crippen molar-refractivity contribution in [3.05, 3.63) is 95.6 Å². The summed E-state index contributed by atoms with van der Waals surface area (Å²) in [7, 11) is 2.23. The van der Waals surface area contributed by atoms with Crippen LogP contribution in [0.15, 0.2) is 84.5 Å². The zero-order valence-corrected chi connectivity index (χ0v) is 18.1. The van der Waals surface area contributed by atoms with Crippen molar-refractivity contribution in [3.8, 4) is 0 Å². The molecule has 1 nitrogen and oxygen atoms in total. The summed E-state index contributed by atoms with van der Waals surface area (Å²) in [6, 6.07) is 24.1. The first-order valence-corrected chi connectivity index (χ1v) is 11.2. The Bertz CT molecular complexity index is 1180. The highest BCUT2D eigenvalue weighted by atomic mass is 15.0. The molecule has 3 aromatic rings. The highest BCUT2D eigenvalue weighted by Crippen LogP contribution is 2.48. The SMILES string of the molecule is C[N+]1=C(/C=C/c2ccccc2)C(C)(CC2=CCCCC2)c2c1ccc1ccccc21. The monoisotopic (exact) mass is 392 g/mol. The zero-order valence-electron chi connectivity index (χ0n) is 18.1. The van der Waals surface area contributed by atoms with E-state index in [0.29, 0.717) is 0 Å². The fraction of sp³-hybridized carbons (Fsp3) is 0.276. The van der Waals surface area contributed by atoms with Gasteiger partial charge in [-0.15, -0.1) is 0 Å². The van der Waals surface area contributed by atoms with Crippen molar-refractivity contribution in [2.75, 3.05) is 7.05 Å². The molecule has 0 bridgehead atoms. The molecule has 1 unspecified atom stereocenters. The van der Waals surface area contributed by atoms with Crippen LogP contribution in [0.4, 0.5) is 5.69 Å². The van der Waals surface area contributed by atoms with E-state index in [2.05, 4.69) is 104 Å². The predicted molar refractivity (Wildman–Crippen MR) is 129 cm³/mol. The van der Waals surface area contributed by atoms with Crippen molar-refractivity contribution in [1.29, 1.82) is 0 Å². The Balaban J connectivity index is 1.67. The van der Waals surface area contributed by atoms with Crippen LogP contribution in [0, 0.1) is 0 Å². The molecule has 0 aromatic heterocycles. The average Bonchev–Trinajstić information content (AvgIpc) is 3.00. The third-order valence-corrected chi connectivity index (χ3v) is 6.95. The number of benzene rings is 3. The van der Waals surface area contributed by atoms with Gasteiger partial charge in [-0.2, -0.15) is 4.58 Å². The van der Waals surface area contributed by atoms with Gasteiger partial charge in [0.05, 0.1) is 5.41 Å². The van der Waals surface area contributed by atoms with Gasteiger partial charge in [0.25, 0.3) is 0 Å². The first kappa shape index (κ1) is 19.1. The van der Waals surface area contributed by atoms with E-state index in [4.69, 9.17) is 0 Å². The van der Waals surface area contributed by atoms with E-state index in [1.165, 1.54) is 59.0 Å². The van der Waals surface area contributed by atoms with E-state index in [-0.39, 0.29) is 5.41 Å². The molecule has 5 rings (SSSR count). The van der Waals surface area contributed by atoms with E-state index in [9.17, 15) is 0 Å². The van der Waals surface area contributed by atoms with Crippen molar-refractivity contribution >= 4 is 28.2 Å². The topological polar surface area (TPSA) is 3.01 Å². The van der Waals surface area contributed by atoms with Gasteiger partial charge in [0.1, 0.15) is 7.05 Å². The summed E-state index contributed by atoms with van der Waals surface area (Å²) in [5.41, 5.74) is 7.08. The molecule has 3 aromatic carbocycles. The van der Waals surface area contributed by atoms with Gasteiger partial charge in [-0.05, 0) is 67.5 Å². The zero-order chi connectivity index (χ0) is 20.6. The van der Waals surface area contributed by atoms with Crippen molar-refractivity contribution < 1.29 is 4.58 Å². The molecule has 0 amide bonds. The highest BCUT2D eigenvalue weighted by Gasteiger charge is 2.48. The second kappa shape index (κ2) is 7.72. The van der Waals surface area contributed by atoms with Crippen LogP contribution in [0.2, 0.25) is 0 Å². The van der Waals surface area contributed by atoms with Gasteiger partial charge in [-0.25, -0.2) is 0 Å². The Kier molecular flexibility index (Phi) is 4.90. The van der Waals surface area contributed by atoms with Crippen LogP contribution in [0.25, 0.3) is 16.8 Å². The molecule has 1 aliphatic heterocycles. The van der Waals surface area contributed by atoms with Crippen LogP contribution in [-0.4, -0.2) is 17.3 Å². The molecular formula is C29H30N+. The maximum Gasteiger partial charge on any atom is 0.210 e. The Hall–Kier alpha value is -2.93. The molecule has 2 aliphatic rings.